The molecule has 56 valence electrons. The van der Waals surface area contributed by atoms with Crippen LogP contribution in [-0.2, 0) is 0 Å². The van der Waals surface area contributed by atoms with Crippen LogP contribution in [0.5, 0.6) is 0 Å². The molecule has 4 heteroatoms. The molecule has 0 atom stereocenters. The van der Waals surface area contributed by atoms with E-state index < -0.39 is 6.19 Å². The molecular formula is C6H7Cl2OP. The summed E-state index contributed by atoms with van der Waals surface area (Å²) < 4.78 is 0. The van der Waals surface area contributed by atoms with Gasteiger partial charge in [0.25, 0.3) is 0 Å². The minimum atomic E-state index is -3.09. The quantitative estimate of drug-likeness (QED) is 0.684. The Morgan fingerprint density at radius 3 is 1.90 bits per heavy atom. The van der Waals surface area contributed by atoms with Gasteiger partial charge in [-0.15, -0.1) is 0 Å². The van der Waals surface area contributed by atoms with Crippen molar-refractivity contribution in [1.29, 1.82) is 0 Å². The molecule has 0 spiro atoms. The van der Waals surface area contributed by atoms with E-state index >= 15 is 0 Å². The van der Waals surface area contributed by atoms with E-state index in [4.69, 9.17) is 27.4 Å². The monoisotopic (exact) mass is 196 g/mol. The van der Waals surface area contributed by atoms with Gasteiger partial charge in [-0.1, -0.05) is 0 Å². The van der Waals surface area contributed by atoms with Crippen LogP contribution in [0, 0.1) is 0 Å². The summed E-state index contributed by atoms with van der Waals surface area (Å²) in [6.07, 6.45) is -3.09. The van der Waals surface area contributed by atoms with Gasteiger partial charge in [0.2, 0.25) is 0 Å². The van der Waals surface area contributed by atoms with Crippen molar-refractivity contribution in [1.82, 2.24) is 0 Å². The topological polar surface area (TPSA) is 20.2 Å². The number of benzene rings is 1. The fourth-order valence-electron chi connectivity index (χ4n) is 0.639. The summed E-state index contributed by atoms with van der Waals surface area (Å²) in [5, 5.41) is 0.623. The van der Waals surface area contributed by atoms with Gasteiger partial charge in [-0.25, -0.2) is 0 Å². The Morgan fingerprint density at radius 1 is 1.10 bits per heavy atom. The third kappa shape index (κ3) is 2.10. The molecule has 0 saturated carbocycles. The first kappa shape index (κ1) is 8.29. The van der Waals surface area contributed by atoms with E-state index in [0.717, 1.165) is 0 Å². The average molecular weight is 197 g/mol. The second-order valence-electron chi connectivity index (χ2n) is 1.91. The summed E-state index contributed by atoms with van der Waals surface area (Å²) in [6.45, 7) is 0. The van der Waals surface area contributed by atoms with E-state index in [1.165, 1.54) is 0 Å². The Morgan fingerprint density at radius 2 is 1.60 bits per heavy atom. The van der Waals surface area contributed by atoms with Crippen LogP contribution >= 0.6 is 28.7 Å². The minimum absolute atomic E-state index is 0.623. The molecule has 1 N–H and O–H groups in total. The molecule has 0 heterocycles. The van der Waals surface area contributed by atoms with Gasteiger partial charge in [0.05, 0.1) is 0 Å². The van der Waals surface area contributed by atoms with Crippen LogP contribution in [0.15, 0.2) is 30.3 Å². The van der Waals surface area contributed by atoms with Crippen molar-refractivity contribution < 1.29 is 4.89 Å². The number of rotatable bonds is 1. The van der Waals surface area contributed by atoms with Crippen LogP contribution in [0.2, 0.25) is 0 Å². The molecule has 1 aromatic carbocycles. The number of halogens is 2. The van der Waals surface area contributed by atoms with Crippen molar-refractivity contribution in [2.24, 2.45) is 0 Å². The SMILES string of the molecule is O[PH](Cl)(Cl)c1ccccc1. The van der Waals surface area contributed by atoms with Crippen molar-refractivity contribution in [3.8, 4) is 0 Å². The second-order valence-corrected chi connectivity index (χ2v) is 7.43. The van der Waals surface area contributed by atoms with Gasteiger partial charge < -0.3 is 0 Å². The van der Waals surface area contributed by atoms with Gasteiger partial charge in [0.15, 0.2) is 0 Å². The second kappa shape index (κ2) is 3.06. The van der Waals surface area contributed by atoms with Gasteiger partial charge in [-0.2, -0.15) is 0 Å². The first-order chi connectivity index (χ1) is 4.61. The predicted molar refractivity (Wildman–Crippen MR) is 48.3 cm³/mol. The Labute approximate surface area is 69.6 Å². The maximum absolute atomic E-state index is 9.16. The zero-order valence-corrected chi connectivity index (χ0v) is 7.60. The zero-order chi connectivity index (χ0) is 7.61. The van der Waals surface area contributed by atoms with Crippen LogP contribution in [-0.4, -0.2) is 4.89 Å². The van der Waals surface area contributed by atoms with Crippen molar-refractivity contribution in [3.05, 3.63) is 30.3 Å². The molecular weight excluding hydrogens is 190 g/mol. The Balaban J connectivity index is 2.97. The molecule has 0 aromatic heterocycles. The van der Waals surface area contributed by atoms with Gasteiger partial charge in [-0.3, -0.25) is 0 Å². The molecule has 0 saturated heterocycles. The third-order valence-corrected chi connectivity index (χ3v) is 3.46. The molecule has 0 aliphatic heterocycles. The summed E-state index contributed by atoms with van der Waals surface area (Å²) in [5.74, 6) is 0. The fraction of sp³-hybridized carbons (Fsp3) is 0. The van der Waals surface area contributed by atoms with E-state index in [0.29, 0.717) is 5.30 Å². The molecule has 0 amide bonds. The van der Waals surface area contributed by atoms with Crippen LogP contribution in [0.25, 0.3) is 0 Å². The first-order valence-corrected chi connectivity index (χ1v) is 6.73. The number of hydrogen-bond donors (Lipinski definition) is 1. The van der Waals surface area contributed by atoms with Crippen LogP contribution < -0.4 is 5.30 Å². The standard InChI is InChI=1S/C6H7Cl2OP/c7-10(8,9)6-4-2-1-3-5-6/h1-5,9-10H. The Hall–Kier alpha value is 0.190. The van der Waals surface area contributed by atoms with Crippen LogP contribution in [0.4, 0.5) is 0 Å². The average Bonchev–Trinajstić information content (AvgIpc) is 1.88. The van der Waals surface area contributed by atoms with Crippen LogP contribution in [0.3, 0.4) is 0 Å². The molecule has 0 bridgehead atoms. The van der Waals surface area contributed by atoms with Crippen molar-refractivity contribution >= 4 is 34.0 Å². The van der Waals surface area contributed by atoms with E-state index in [1.807, 2.05) is 6.07 Å². The van der Waals surface area contributed by atoms with Crippen molar-refractivity contribution in [2.45, 2.75) is 0 Å². The summed E-state index contributed by atoms with van der Waals surface area (Å²) >= 11 is 11.0. The molecule has 1 rings (SSSR count). The molecule has 0 radical (unpaired) electrons. The molecule has 10 heavy (non-hydrogen) atoms. The predicted octanol–water partition coefficient (Wildman–Crippen LogP) is 2.28. The third-order valence-electron chi connectivity index (χ3n) is 1.12. The van der Waals surface area contributed by atoms with Gasteiger partial charge >= 0.3 is 69.2 Å². The van der Waals surface area contributed by atoms with Gasteiger partial charge in [0, 0.05) is 0 Å². The van der Waals surface area contributed by atoms with Gasteiger partial charge in [0.1, 0.15) is 0 Å². The first-order valence-electron chi connectivity index (χ1n) is 2.76. The Kier molecular flexibility index (Phi) is 2.54. The van der Waals surface area contributed by atoms with Crippen molar-refractivity contribution in [3.63, 3.8) is 0 Å². The number of hydrogen-bond acceptors (Lipinski definition) is 1. The molecule has 1 nitrogen and oxygen atoms in total. The van der Waals surface area contributed by atoms with E-state index in [-0.39, 0.29) is 0 Å². The normalized spacial score (nSPS) is 13.1. The molecule has 0 fully saturated rings. The van der Waals surface area contributed by atoms with E-state index in [1.54, 1.807) is 24.3 Å². The molecule has 0 aliphatic rings. The summed E-state index contributed by atoms with van der Waals surface area (Å²) in [6, 6.07) is 8.85. The molecule has 0 unspecified atom stereocenters. The zero-order valence-electron chi connectivity index (χ0n) is 5.09. The maximum atomic E-state index is 9.16. The van der Waals surface area contributed by atoms with E-state index in [9.17, 15) is 0 Å². The molecule has 1 aromatic rings. The van der Waals surface area contributed by atoms with E-state index in [2.05, 4.69) is 0 Å². The Bertz CT molecular complexity index is 207. The summed E-state index contributed by atoms with van der Waals surface area (Å²) in [4.78, 5) is 9.16. The fourth-order valence-corrected chi connectivity index (χ4v) is 1.99. The van der Waals surface area contributed by atoms with Crippen LogP contribution in [0.1, 0.15) is 0 Å². The summed E-state index contributed by atoms with van der Waals surface area (Å²) in [5.41, 5.74) is 0. The van der Waals surface area contributed by atoms with Gasteiger partial charge in [-0.05, 0) is 0 Å². The molecule has 0 aliphatic carbocycles. The summed E-state index contributed by atoms with van der Waals surface area (Å²) in [7, 11) is 0. The van der Waals surface area contributed by atoms with Crippen molar-refractivity contribution in [2.75, 3.05) is 0 Å².